The van der Waals surface area contributed by atoms with E-state index >= 15 is 0 Å². The van der Waals surface area contributed by atoms with E-state index in [-0.39, 0.29) is 12.1 Å². The van der Waals surface area contributed by atoms with Gasteiger partial charge in [0, 0.05) is 11.9 Å². The summed E-state index contributed by atoms with van der Waals surface area (Å²) in [6, 6.07) is 14.6. The molecule has 0 fully saturated rings. The Morgan fingerprint density at radius 3 is 2.50 bits per heavy atom. The molecule has 2 amide bonds. The van der Waals surface area contributed by atoms with Crippen LogP contribution in [0.15, 0.2) is 54.7 Å². The van der Waals surface area contributed by atoms with Gasteiger partial charge in [-0.1, -0.05) is 24.3 Å². The SMILES string of the molecule is C[C@@H](NC(=O)Nc1ccccc1)c1ccccn1. The van der Waals surface area contributed by atoms with Gasteiger partial charge in [-0.3, -0.25) is 4.98 Å². The number of benzene rings is 1. The van der Waals surface area contributed by atoms with Crippen molar-refractivity contribution in [3.8, 4) is 0 Å². The summed E-state index contributed by atoms with van der Waals surface area (Å²) >= 11 is 0. The second-order valence-corrected chi connectivity index (χ2v) is 3.94. The Labute approximate surface area is 106 Å². The maximum absolute atomic E-state index is 11.7. The highest BCUT2D eigenvalue weighted by molar-refractivity contribution is 5.89. The summed E-state index contributed by atoms with van der Waals surface area (Å²) in [5.74, 6) is 0. The third-order valence-electron chi connectivity index (χ3n) is 2.51. The van der Waals surface area contributed by atoms with Crippen molar-refractivity contribution in [2.75, 3.05) is 5.32 Å². The molecule has 4 heteroatoms. The predicted molar refractivity (Wildman–Crippen MR) is 71.2 cm³/mol. The number of pyridine rings is 1. The Hall–Kier alpha value is -2.36. The van der Waals surface area contributed by atoms with Gasteiger partial charge in [0.05, 0.1) is 11.7 Å². The molecule has 92 valence electrons. The molecule has 0 saturated heterocycles. The van der Waals surface area contributed by atoms with Crippen molar-refractivity contribution in [2.24, 2.45) is 0 Å². The van der Waals surface area contributed by atoms with Crippen LogP contribution < -0.4 is 10.6 Å². The number of nitrogens with zero attached hydrogens (tertiary/aromatic N) is 1. The first kappa shape index (κ1) is 12.1. The van der Waals surface area contributed by atoms with Gasteiger partial charge in [0.1, 0.15) is 0 Å². The highest BCUT2D eigenvalue weighted by Crippen LogP contribution is 2.09. The van der Waals surface area contributed by atoms with E-state index in [4.69, 9.17) is 0 Å². The van der Waals surface area contributed by atoms with E-state index in [2.05, 4.69) is 15.6 Å². The monoisotopic (exact) mass is 241 g/mol. The van der Waals surface area contributed by atoms with Crippen LogP contribution >= 0.6 is 0 Å². The molecular formula is C14H15N3O. The summed E-state index contributed by atoms with van der Waals surface area (Å²) in [6.45, 7) is 1.90. The zero-order chi connectivity index (χ0) is 12.8. The van der Waals surface area contributed by atoms with E-state index < -0.39 is 0 Å². The van der Waals surface area contributed by atoms with Crippen molar-refractivity contribution >= 4 is 11.7 Å². The molecule has 0 bridgehead atoms. The summed E-state index contributed by atoms with van der Waals surface area (Å²) < 4.78 is 0. The van der Waals surface area contributed by atoms with Crippen molar-refractivity contribution in [2.45, 2.75) is 13.0 Å². The van der Waals surface area contributed by atoms with Gasteiger partial charge in [-0.25, -0.2) is 4.79 Å². The largest absolute Gasteiger partial charge is 0.330 e. The molecule has 0 saturated carbocycles. The van der Waals surface area contributed by atoms with Crippen molar-refractivity contribution in [1.29, 1.82) is 0 Å². The zero-order valence-corrected chi connectivity index (χ0v) is 10.1. The molecular weight excluding hydrogens is 226 g/mol. The van der Waals surface area contributed by atoms with Crippen LogP contribution in [0.25, 0.3) is 0 Å². The van der Waals surface area contributed by atoms with Crippen LogP contribution in [-0.2, 0) is 0 Å². The minimum absolute atomic E-state index is 0.130. The molecule has 0 spiro atoms. The Morgan fingerprint density at radius 1 is 1.11 bits per heavy atom. The van der Waals surface area contributed by atoms with E-state index in [0.717, 1.165) is 11.4 Å². The Morgan fingerprint density at radius 2 is 1.83 bits per heavy atom. The number of anilines is 1. The van der Waals surface area contributed by atoms with Crippen molar-refractivity contribution in [1.82, 2.24) is 10.3 Å². The van der Waals surface area contributed by atoms with E-state index in [9.17, 15) is 4.79 Å². The number of carbonyl (C=O) groups excluding carboxylic acids is 1. The summed E-state index contributed by atoms with van der Waals surface area (Å²) in [5, 5.41) is 5.60. The van der Waals surface area contributed by atoms with Crippen LogP contribution in [0, 0.1) is 0 Å². The number of para-hydroxylation sites is 1. The van der Waals surface area contributed by atoms with Gasteiger partial charge >= 0.3 is 6.03 Å². The molecule has 2 rings (SSSR count). The maximum Gasteiger partial charge on any atom is 0.319 e. The number of carbonyl (C=O) groups is 1. The normalized spacial score (nSPS) is 11.6. The average molecular weight is 241 g/mol. The molecule has 0 radical (unpaired) electrons. The highest BCUT2D eigenvalue weighted by atomic mass is 16.2. The number of hydrogen-bond acceptors (Lipinski definition) is 2. The summed E-state index contributed by atoms with van der Waals surface area (Å²) in [6.07, 6.45) is 1.71. The van der Waals surface area contributed by atoms with Gasteiger partial charge in [0.15, 0.2) is 0 Å². The Kier molecular flexibility index (Phi) is 3.91. The minimum atomic E-state index is -0.237. The molecule has 0 aliphatic carbocycles. The molecule has 4 nitrogen and oxygen atoms in total. The fraction of sp³-hybridized carbons (Fsp3) is 0.143. The van der Waals surface area contributed by atoms with E-state index in [1.54, 1.807) is 6.20 Å². The first-order chi connectivity index (χ1) is 8.75. The molecule has 1 aromatic heterocycles. The predicted octanol–water partition coefficient (Wildman–Crippen LogP) is 2.96. The lowest BCUT2D eigenvalue weighted by Crippen LogP contribution is -2.31. The van der Waals surface area contributed by atoms with Gasteiger partial charge in [-0.05, 0) is 31.2 Å². The van der Waals surface area contributed by atoms with Crippen molar-refractivity contribution < 1.29 is 4.79 Å². The Bertz CT molecular complexity index is 499. The number of nitrogens with one attached hydrogen (secondary N) is 2. The zero-order valence-electron chi connectivity index (χ0n) is 10.1. The molecule has 1 heterocycles. The third kappa shape index (κ3) is 3.31. The van der Waals surface area contributed by atoms with E-state index in [1.807, 2.05) is 55.5 Å². The Balaban J connectivity index is 1.92. The molecule has 0 aliphatic heterocycles. The van der Waals surface area contributed by atoms with E-state index in [0.29, 0.717) is 0 Å². The van der Waals surface area contributed by atoms with Gasteiger partial charge in [-0.15, -0.1) is 0 Å². The van der Waals surface area contributed by atoms with Crippen LogP contribution in [0.4, 0.5) is 10.5 Å². The van der Waals surface area contributed by atoms with Gasteiger partial charge in [-0.2, -0.15) is 0 Å². The first-order valence-corrected chi connectivity index (χ1v) is 5.79. The van der Waals surface area contributed by atoms with Crippen LogP contribution in [0.3, 0.4) is 0 Å². The number of rotatable bonds is 3. The molecule has 0 aliphatic rings. The van der Waals surface area contributed by atoms with Crippen molar-refractivity contribution in [3.05, 3.63) is 60.4 Å². The van der Waals surface area contributed by atoms with Crippen LogP contribution in [0.1, 0.15) is 18.7 Å². The smallest absolute Gasteiger partial charge is 0.319 e. The quantitative estimate of drug-likeness (QED) is 0.868. The molecule has 1 atom stereocenters. The van der Waals surface area contributed by atoms with Gasteiger partial charge in [0.25, 0.3) is 0 Å². The molecule has 1 aromatic carbocycles. The number of aromatic nitrogens is 1. The molecule has 2 N–H and O–H groups in total. The third-order valence-corrected chi connectivity index (χ3v) is 2.51. The average Bonchev–Trinajstić information content (AvgIpc) is 2.40. The highest BCUT2D eigenvalue weighted by Gasteiger charge is 2.09. The second kappa shape index (κ2) is 5.82. The maximum atomic E-state index is 11.7. The summed E-state index contributed by atoms with van der Waals surface area (Å²) in [4.78, 5) is 15.9. The van der Waals surface area contributed by atoms with Crippen LogP contribution in [-0.4, -0.2) is 11.0 Å². The fourth-order valence-corrected chi connectivity index (χ4v) is 1.59. The standard InChI is InChI=1S/C14H15N3O/c1-11(13-9-5-6-10-15-13)16-14(18)17-12-7-3-2-4-8-12/h2-11H,1H3,(H2,16,17,18)/t11-/m1/s1. The van der Waals surface area contributed by atoms with E-state index in [1.165, 1.54) is 0 Å². The topological polar surface area (TPSA) is 54.0 Å². The first-order valence-electron chi connectivity index (χ1n) is 5.79. The lowest BCUT2D eigenvalue weighted by molar-refractivity contribution is 0.249. The lowest BCUT2D eigenvalue weighted by atomic mass is 10.2. The van der Waals surface area contributed by atoms with Crippen LogP contribution in [0.2, 0.25) is 0 Å². The molecule has 2 aromatic rings. The molecule has 18 heavy (non-hydrogen) atoms. The number of amides is 2. The van der Waals surface area contributed by atoms with Crippen LogP contribution in [0.5, 0.6) is 0 Å². The second-order valence-electron chi connectivity index (χ2n) is 3.94. The molecule has 0 unspecified atom stereocenters. The lowest BCUT2D eigenvalue weighted by Gasteiger charge is -2.14. The number of hydrogen-bond donors (Lipinski definition) is 2. The number of urea groups is 1. The van der Waals surface area contributed by atoms with Gasteiger partial charge in [0.2, 0.25) is 0 Å². The minimum Gasteiger partial charge on any atom is -0.330 e. The van der Waals surface area contributed by atoms with Gasteiger partial charge < -0.3 is 10.6 Å². The summed E-state index contributed by atoms with van der Waals surface area (Å²) in [5.41, 5.74) is 1.60. The van der Waals surface area contributed by atoms with Crippen molar-refractivity contribution in [3.63, 3.8) is 0 Å². The summed E-state index contributed by atoms with van der Waals surface area (Å²) in [7, 11) is 0. The fourth-order valence-electron chi connectivity index (χ4n) is 1.59.